The molecule has 0 aliphatic heterocycles. The Balaban J connectivity index is 2.58. The van der Waals surface area contributed by atoms with Gasteiger partial charge in [0, 0.05) is 18.5 Å². The molecule has 1 amide bonds. The molecule has 84 valence electrons. The zero-order valence-corrected chi connectivity index (χ0v) is 9.70. The van der Waals surface area contributed by atoms with Crippen LogP contribution in [-0.2, 0) is 0 Å². The molecule has 1 N–H and O–H groups in total. The van der Waals surface area contributed by atoms with Crippen LogP contribution in [0.1, 0.15) is 49.9 Å². The molecule has 0 spiro atoms. The van der Waals surface area contributed by atoms with Gasteiger partial charge < -0.3 is 9.84 Å². The summed E-state index contributed by atoms with van der Waals surface area (Å²) in [4.78, 5) is 11.6. The lowest BCUT2D eigenvalue weighted by Crippen LogP contribution is -2.27. The first kappa shape index (κ1) is 11.8. The molecule has 0 aliphatic carbocycles. The van der Waals surface area contributed by atoms with E-state index in [1.54, 1.807) is 6.07 Å². The molecule has 4 nitrogen and oxygen atoms in total. The topological polar surface area (TPSA) is 55.1 Å². The highest BCUT2D eigenvalue weighted by molar-refractivity contribution is 5.92. The molecule has 1 aromatic rings. The zero-order chi connectivity index (χ0) is 11.4. The molecule has 15 heavy (non-hydrogen) atoms. The Morgan fingerprint density at radius 1 is 1.47 bits per heavy atom. The maximum Gasteiger partial charge on any atom is 0.273 e. The van der Waals surface area contributed by atoms with Crippen molar-refractivity contribution in [2.45, 2.75) is 33.6 Å². The van der Waals surface area contributed by atoms with E-state index in [1.165, 1.54) is 0 Å². The second-order valence-corrected chi connectivity index (χ2v) is 4.37. The van der Waals surface area contributed by atoms with E-state index in [0.29, 0.717) is 18.2 Å². The van der Waals surface area contributed by atoms with E-state index in [1.807, 2.05) is 27.7 Å². The third-order valence-corrected chi connectivity index (χ3v) is 2.00. The Labute approximate surface area is 90.0 Å². The van der Waals surface area contributed by atoms with Crippen molar-refractivity contribution in [1.82, 2.24) is 10.5 Å². The van der Waals surface area contributed by atoms with Crippen LogP contribution in [0.3, 0.4) is 0 Å². The van der Waals surface area contributed by atoms with E-state index in [4.69, 9.17) is 4.52 Å². The molecule has 0 bridgehead atoms. The van der Waals surface area contributed by atoms with Gasteiger partial charge in [-0.3, -0.25) is 4.79 Å². The van der Waals surface area contributed by atoms with Gasteiger partial charge in [-0.25, -0.2) is 0 Å². The Bertz CT molecular complexity index is 329. The highest BCUT2D eigenvalue weighted by Gasteiger charge is 2.13. The maximum atomic E-state index is 11.6. The number of carbonyl (C=O) groups is 1. The molecular weight excluding hydrogens is 192 g/mol. The quantitative estimate of drug-likeness (QED) is 0.828. The summed E-state index contributed by atoms with van der Waals surface area (Å²) >= 11 is 0. The van der Waals surface area contributed by atoms with Gasteiger partial charge in [-0.2, -0.15) is 0 Å². The molecule has 0 fully saturated rings. The number of aromatic nitrogens is 1. The van der Waals surface area contributed by atoms with Crippen LogP contribution in [0.5, 0.6) is 0 Å². The highest BCUT2D eigenvalue weighted by Crippen LogP contribution is 2.14. The zero-order valence-electron chi connectivity index (χ0n) is 9.70. The Hall–Kier alpha value is -1.32. The summed E-state index contributed by atoms with van der Waals surface area (Å²) in [5.41, 5.74) is 0.361. The summed E-state index contributed by atoms with van der Waals surface area (Å²) in [5.74, 6) is 1.26. The van der Waals surface area contributed by atoms with Gasteiger partial charge >= 0.3 is 0 Å². The number of nitrogens with zero attached hydrogens (tertiary/aromatic N) is 1. The van der Waals surface area contributed by atoms with Crippen molar-refractivity contribution in [3.63, 3.8) is 0 Å². The molecule has 0 atom stereocenters. The van der Waals surface area contributed by atoms with Crippen molar-refractivity contribution in [3.8, 4) is 0 Å². The minimum absolute atomic E-state index is 0.167. The average Bonchev–Trinajstić information content (AvgIpc) is 2.62. The number of hydrogen-bond acceptors (Lipinski definition) is 3. The second-order valence-electron chi connectivity index (χ2n) is 4.37. The van der Waals surface area contributed by atoms with Crippen molar-refractivity contribution in [2.24, 2.45) is 5.92 Å². The van der Waals surface area contributed by atoms with Crippen LogP contribution in [0.4, 0.5) is 0 Å². The molecule has 1 aromatic heterocycles. The van der Waals surface area contributed by atoms with E-state index in [-0.39, 0.29) is 11.8 Å². The molecular formula is C11H18N2O2. The summed E-state index contributed by atoms with van der Waals surface area (Å²) in [6.45, 7) is 8.74. The lowest BCUT2D eigenvalue weighted by molar-refractivity contribution is 0.0940. The summed E-state index contributed by atoms with van der Waals surface area (Å²) < 4.78 is 5.04. The molecule has 0 radical (unpaired) electrons. The van der Waals surface area contributed by atoms with E-state index < -0.39 is 0 Å². The first-order valence-electron chi connectivity index (χ1n) is 5.25. The van der Waals surface area contributed by atoms with Gasteiger partial charge in [0.1, 0.15) is 5.76 Å². The normalized spacial score (nSPS) is 11.1. The monoisotopic (exact) mass is 210 g/mol. The highest BCUT2D eigenvalue weighted by atomic mass is 16.5. The summed E-state index contributed by atoms with van der Waals surface area (Å²) in [6, 6.07) is 1.69. The number of amides is 1. The molecule has 0 unspecified atom stereocenters. The minimum Gasteiger partial charge on any atom is -0.360 e. The van der Waals surface area contributed by atoms with Crippen LogP contribution in [0.15, 0.2) is 10.6 Å². The van der Waals surface area contributed by atoms with Gasteiger partial charge in [0.2, 0.25) is 0 Å². The lowest BCUT2D eigenvalue weighted by atomic mass is 10.1. The molecule has 1 heterocycles. The van der Waals surface area contributed by atoms with Gasteiger partial charge in [0.25, 0.3) is 5.91 Å². The van der Waals surface area contributed by atoms with Crippen molar-refractivity contribution >= 4 is 5.91 Å². The Morgan fingerprint density at radius 3 is 2.60 bits per heavy atom. The fourth-order valence-electron chi connectivity index (χ4n) is 1.06. The van der Waals surface area contributed by atoms with E-state index >= 15 is 0 Å². The standard InChI is InChI=1S/C11H18N2O2/c1-7(2)6-12-11(14)9-5-10(8(3)4)15-13-9/h5,7-8H,6H2,1-4H3,(H,12,14). The van der Waals surface area contributed by atoms with Crippen LogP contribution in [0.2, 0.25) is 0 Å². The summed E-state index contributed by atoms with van der Waals surface area (Å²) in [7, 11) is 0. The third-order valence-electron chi connectivity index (χ3n) is 2.00. The van der Waals surface area contributed by atoms with Crippen LogP contribution < -0.4 is 5.32 Å². The van der Waals surface area contributed by atoms with Crippen molar-refractivity contribution in [3.05, 3.63) is 17.5 Å². The summed E-state index contributed by atoms with van der Waals surface area (Å²) in [5, 5.41) is 6.52. The lowest BCUT2D eigenvalue weighted by Gasteiger charge is -2.04. The van der Waals surface area contributed by atoms with Gasteiger partial charge in [-0.15, -0.1) is 0 Å². The molecule has 0 aromatic carbocycles. The largest absolute Gasteiger partial charge is 0.360 e. The molecule has 4 heteroatoms. The van der Waals surface area contributed by atoms with Crippen LogP contribution >= 0.6 is 0 Å². The second kappa shape index (κ2) is 4.96. The van der Waals surface area contributed by atoms with E-state index in [2.05, 4.69) is 10.5 Å². The van der Waals surface area contributed by atoms with Crippen LogP contribution in [0.25, 0.3) is 0 Å². The fraction of sp³-hybridized carbons (Fsp3) is 0.636. The average molecular weight is 210 g/mol. The fourth-order valence-corrected chi connectivity index (χ4v) is 1.06. The Morgan fingerprint density at radius 2 is 2.13 bits per heavy atom. The number of carbonyl (C=O) groups excluding carboxylic acids is 1. The van der Waals surface area contributed by atoms with Gasteiger partial charge in [0.15, 0.2) is 5.69 Å². The van der Waals surface area contributed by atoms with Crippen molar-refractivity contribution in [2.75, 3.05) is 6.54 Å². The summed E-state index contributed by atoms with van der Waals surface area (Å²) in [6.07, 6.45) is 0. The molecule has 0 saturated carbocycles. The number of nitrogens with one attached hydrogen (secondary N) is 1. The molecule has 1 rings (SSSR count). The van der Waals surface area contributed by atoms with Gasteiger partial charge in [-0.1, -0.05) is 32.9 Å². The first-order chi connectivity index (χ1) is 7.00. The van der Waals surface area contributed by atoms with Crippen LogP contribution in [0, 0.1) is 5.92 Å². The van der Waals surface area contributed by atoms with E-state index in [9.17, 15) is 4.79 Å². The predicted octanol–water partition coefficient (Wildman–Crippen LogP) is 2.18. The van der Waals surface area contributed by atoms with Crippen molar-refractivity contribution < 1.29 is 9.32 Å². The third kappa shape index (κ3) is 3.38. The van der Waals surface area contributed by atoms with Gasteiger partial charge in [-0.05, 0) is 5.92 Å². The molecule has 0 aliphatic rings. The minimum atomic E-state index is -0.167. The number of hydrogen-bond donors (Lipinski definition) is 1. The van der Waals surface area contributed by atoms with Gasteiger partial charge in [0.05, 0.1) is 0 Å². The predicted molar refractivity (Wildman–Crippen MR) is 57.8 cm³/mol. The Kier molecular flexibility index (Phi) is 3.88. The first-order valence-corrected chi connectivity index (χ1v) is 5.25. The smallest absolute Gasteiger partial charge is 0.273 e. The maximum absolute atomic E-state index is 11.6. The van der Waals surface area contributed by atoms with Crippen LogP contribution in [-0.4, -0.2) is 17.6 Å². The van der Waals surface area contributed by atoms with E-state index in [0.717, 1.165) is 5.76 Å². The molecule has 0 saturated heterocycles. The SMILES string of the molecule is CC(C)CNC(=O)c1cc(C(C)C)on1. The van der Waals surface area contributed by atoms with Crippen molar-refractivity contribution in [1.29, 1.82) is 0 Å². The number of rotatable bonds is 4.